The zero-order chi connectivity index (χ0) is 55.0. The van der Waals surface area contributed by atoms with Crippen LogP contribution in [0.25, 0.3) is 0 Å². The zero-order valence-corrected chi connectivity index (χ0v) is 47.7. The van der Waals surface area contributed by atoms with Crippen LogP contribution in [-0.2, 0) is 64.2 Å². The van der Waals surface area contributed by atoms with E-state index in [0.29, 0.717) is 25.7 Å². The summed E-state index contributed by atoms with van der Waals surface area (Å²) in [4.78, 5) is 92.3. The minimum absolute atomic E-state index is 0.0401. The maximum atomic E-state index is 13.7. The first-order chi connectivity index (χ1) is 36.4. The van der Waals surface area contributed by atoms with E-state index in [1.54, 1.807) is 30.3 Å². The second kappa shape index (κ2) is 47.9. The molecule has 16 nitrogen and oxygen atoms in total. The summed E-state index contributed by atoms with van der Waals surface area (Å²) in [5.74, 6) is -3.95. The van der Waals surface area contributed by atoms with Crippen LogP contribution in [0.15, 0.2) is 18.7 Å². The summed E-state index contributed by atoms with van der Waals surface area (Å²) < 4.78 is 36.5. The number of rotatable bonds is 50. The molecule has 75 heavy (non-hydrogen) atoms. The van der Waals surface area contributed by atoms with Gasteiger partial charge in [-0.1, -0.05) is 182 Å². The van der Waals surface area contributed by atoms with Crippen molar-refractivity contribution < 1.29 is 66.6 Å². The fourth-order valence-electron chi connectivity index (χ4n) is 8.53. The molecular weight excluding hydrogens is 959 g/mol. The standard InChI is InChI=1S/C59H104N3O13/c1-6-10-14-18-22-26-30-34-53(63)72-46-51(47-73-54(64)35-31-27-23-19-15-11-7-2)44-57(67)70-42-40-61(59(69)62-39-38-60(5)50-62)41-43-71-58(68)45-52(48-74-55(65)36-32-28-24-20-16-12-8-3)49-75-56(66)37-33-29-25-21-17-13-9-4/h38-39,50-52H,6-37,40-49H2,1-5H3/q+1. The van der Waals surface area contributed by atoms with Gasteiger partial charge in [0.25, 0.3) is 6.33 Å². The van der Waals surface area contributed by atoms with Crippen LogP contribution < -0.4 is 4.57 Å². The summed E-state index contributed by atoms with van der Waals surface area (Å²) in [6, 6.07) is -0.445. The van der Waals surface area contributed by atoms with Gasteiger partial charge in [-0.25, -0.2) is 9.36 Å². The van der Waals surface area contributed by atoms with E-state index in [9.17, 15) is 33.6 Å². The molecule has 0 aliphatic heterocycles. The van der Waals surface area contributed by atoms with Crippen LogP contribution in [0.5, 0.6) is 0 Å². The molecule has 0 aromatic carbocycles. The van der Waals surface area contributed by atoms with E-state index in [0.717, 1.165) is 77.0 Å². The molecule has 0 aliphatic rings. The number of imidazole rings is 1. The average molecular weight is 1060 g/mol. The first-order valence-electron chi connectivity index (χ1n) is 29.7. The molecule has 0 atom stereocenters. The molecule has 0 N–H and O–H groups in total. The van der Waals surface area contributed by atoms with Gasteiger partial charge in [0.05, 0.1) is 59.4 Å². The third-order valence-corrected chi connectivity index (χ3v) is 13.3. The summed E-state index contributed by atoms with van der Waals surface area (Å²) in [5.41, 5.74) is 0. The van der Waals surface area contributed by atoms with Gasteiger partial charge in [0.15, 0.2) is 0 Å². The van der Waals surface area contributed by atoms with Gasteiger partial charge in [0.1, 0.15) is 25.6 Å². The topological polar surface area (TPSA) is 187 Å². The number of aromatic nitrogens is 2. The number of unbranched alkanes of at least 4 members (excludes halogenated alkanes) is 24. The van der Waals surface area contributed by atoms with Gasteiger partial charge < -0.3 is 28.4 Å². The lowest BCUT2D eigenvalue weighted by molar-refractivity contribution is -0.670. The van der Waals surface area contributed by atoms with Crippen molar-refractivity contribution in [3.05, 3.63) is 18.7 Å². The SMILES string of the molecule is CCCCCCCCCC(=O)OCC(COC(=O)CCCCCCCCC)CC(=O)OCCN(CCOC(=O)CC(COC(=O)CCCCCCCCC)COC(=O)CCCCCCCCC)C(=O)n1cc[n+](C)c1. The molecule has 1 rings (SSSR count). The predicted octanol–water partition coefficient (Wildman–Crippen LogP) is 12.4. The van der Waals surface area contributed by atoms with Gasteiger partial charge in [-0.05, 0) is 25.7 Å². The van der Waals surface area contributed by atoms with Crippen molar-refractivity contribution in [3.8, 4) is 0 Å². The van der Waals surface area contributed by atoms with Crippen molar-refractivity contribution in [2.45, 2.75) is 246 Å². The van der Waals surface area contributed by atoms with Crippen LogP contribution in [0, 0.1) is 11.8 Å². The van der Waals surface area contributed by atoms with E-state index < -0.39 is 29.8 Å². The minimum atomic E-state index is -0.628. The highest BCUT2D eigenvalue weighted by Gasteiger charge is 2.25. The van der Waals surface area contributed by atoms with E-state index in [-0.39, 0.29) is 115 Å². The number of esters is 6. The van der Waals surface area contributed by atoms with Crippen LogP contribution in [0.1, 0.15) is 246 Å². The Morgan fingerprint density at radius 3 is 0.947 bits per heavy atom. The molecule has 432 valence electrons. The van der Waals surface area contributed by atoms with Gasteiger partial charge in [-0.15, -0.1) is 0 Å². The normalized spacial score (nSPS) is 11.2. The second-order valence-electron chi connectivity index (χ2n) is 20.6. The maximum absolute atomic E-state index is 13.7. The molecule has 0 saturated heterocycles. The molecule has 1 aromatic rings. The first-order valence-corrected chi connectivity index (χ1v) is 29.7. The Kier molecular flexibility index (Phi) is 43.8. The summed E-state index contributed by atoms with van der Waals surface area (Å²) >= 11 is 0. The Labute approximate surface area is 452 Å². The van der Waals surface area contributed by atoms with Gasteiger partial charge in [-0.3, -0.25) is 33.7 Å². The number of carbonyl (C=O) groups is 7. The number of amides is 1. The predicted molar refractivity (Wildman–Crippen MR) is 290 cm³/mol. The van der Waals surface area contributed by atoms with Gasteiger partial charge in [0.2, 0.25) is 0 Å². The molecule has 16 heteroatoms. The number of ether oxygens (including phenoxy) is 6. The number of hydrogen-bond acceptors (Lipinski definition) is 13. The first kappa shape index (κ1) is 68.5. The molecule has 0 saturated carbocycles. The van der Waals surface area contributed by atoms with Crippen molar-refractivity contribution in [1.29, 1.82) is 0 Å². The van der Waals surface area contributed by atoms with Crippen molar-refractivity contribution in [2.75, 3.05) is 52.7 Å². The Balaban J connectivity index is 2.89. The molecule has 0 fully saturated rings. The number of hydrogen-bond donors (Lipinski definition) is 0. The van der Waals surface area contributed by atoms with Crippen LogP contribution >= 0.6 is 0 Å². The molecular formula is C59H104N3O13+. The molecule has 0 radical (unpaired) electrons. The third kappa shape index (κ3) is 40.4. The smallest absolute Gasteiger partial charge is 0.416 e. The van der Waals surface area contributed by atoms with Crippen molar-refractivity contribution in [2.24, 2.45) is 18.9 Å². The number of nitrogens with zero attached hydrogens (tertiary/aromatic N) is 3. The monoisotopic (exact) mass is 1060 g/mol. The third-order valence-electron chi connectivity index (χ3n) is 13.3. The Hall–Kier alpha value is -4.50. The molecule has 0 unspecified atom stereocenters. The molecule has 0 aliphatic carbocycles. The van der Waals surface area contributed by atoms with E-state index in [4.69, 9.17) is 28.4 Å². The lowest BCUT2D eigenvalue weighted by atomic mass is 10.1. The summed E-state index contributed by atoms with van der Waals surface area (Å²) in [5, 5.41) is 0. The van der Waals surface area contributed by atoms with Crippen molar-refractivity contribution >= 4 is 41.8 Å². The van der Waals surface area contributed by atoms with Crippen molar-refractivity contribution in [1.82, 2.24) is 9.47 Å². The molecule has 0 bridgehead atoms. The molecule has 0 spiro atoms. The highest BCUT2D eigenvalue weighted by atomic mass is 16.6. The lowest BCUT2D eigenvalue weighted by Gasteiger charge is -2.21. The molecule has 1 aromatic heterocycles. The van der Waals surface area contributed by atoms with E-state index in [1.807, 2.05) is 0 Å². The highest BCUT2D eigenvalue weighted by Crippen LogP contribution is 2.16. The van der Waals surface area contributed by atoms with Crippen molar-refractivity contribution in [3.63, 3.8) is 0 Å². The van der Waals surface area contributed by atoms with Gasteiger partial charge in [-0.2, -0.15) is 4.57 Å². The van der Waals surface area contributed by atoms with E-state index >= 15 is 0 Å². The quantitative estimate of drug-likeness (QED) is 0.0260. The van der Waals surface area contributed by atoms with Crippen LogP contribution in [-0.4, -0.2) is 104 Å². The Morgan fingerprint density at radius 2 is 0.680 bits per heavy atom. The number of aryl methyl sites for hydroxylation is 1. The van der Waals surface area contributed by atoms with E-state index in [2.05, 4.69) is 27.7 Å². The zero-order valence-electron chi connectivity index (χ0n) is 47.7. The van der Waals surface area contributed by atoms with Crippen LogP contribution in [0.2, 0.25) is 0 Å². The maximum Gasteiger partial charge on any atom is 0.416 e. The van der Waals surface area contributed by atoms with Crippen LogP contribution in [0.4, 0.5) is 4.79 Å². The van der Waals surface area contributed by atoms with Gasteiger partial charge >= 0.3 is 41.8 Å². The minimum Gasteiger partial charge on any atom is -0.465 e. The summed E-state index contributed by atoms with van der Waals surface area (Å²) in [7, 11) is 1.77. The largest absolute Gasteiger partial charge is 0.465 e. The second-order valence-corrected chi connectivity index (χ2v) is 20.6. The number of carbonyl (C=O) groups excluding carboxylic acids is 7. The summed E-state index contributed by atoms with van der Waals surface area (Å²) in [6.45, 7) is 7.80. The molecule has 1 amide bonds. The Morgan fingerprint density at radius 1 is 0.400 bits per heavy atom. The van der Waals surface area contributed by atoms with Gasteiger partial charge in [0, 0.05) is 37.5 Å². The average Bonchev–Trinajstić information content (AvgIpc) is 3.84. The highest BCUT2D eigenvalue weighted by molar-refractivity contribution is 5.77. The van der Waals surface area contributed by atoms with Crippen LogP contribution in [0.3, 0.4) is 0 Å². The Bertz CT molecular complexity index is 1490. The summed E-state index contributed by atoms with van der Waals surface area (Å²) in [6.07, 6.45) is 35.3. The lowest BCUT2D eigenvalue weighted by Crippen LogP contribution is -2.40. The van der Waals surface area contributed by atoms with E-state index in [1.165, 1.54) is 86.5 Å². The molecule has 1 heterocycles. The fourth-order valence-corrected chi connectivity index (χ4v) is 8.53. The fraction of sp³-hybridized carbons (Fsp3) is 0.831.